The predicted molar refractivity (Wildman–Crippen MR) is 91.3 cm³/mol. The summed E-state index contributed by atoms with van der Waals surface area (Å²) in [7, 11) is 0. The number of hydrogen-bond acceptors (Lipinski definition) is 2. The second-order valence-electron chi connectivity index (χ2n) is 6.06. The number of carboxylic acid groups (broad SMARTS) is 1. The van der Waals surface area contributed by atoms with Gasteiger partial charge < -0.3 is 10.4 Å². The smallest absolute Gasteiger partial charge is 0.404 e. The Morgan fingerprint density at radius 1 is 1.00 bits per heavy atom. The lowest BCUT2D eigenvalue weighted by Crippen LogP contribution is -2.43. The van der Waals surface area contributed by atoms with Crippen molar-refractivity contribution in [3.63, 3.8) is 0 Å². The molecule has 4 nitrogen and oxygen atoms in total. The van der Waals surface area contributed by atoms with Gasteiger partial charge in [-0.05, 0) is 29.5 Å². The molecule has 2 N–H and O–H groups in total. The minimum atomic E-state index is -0.917. The van der Waals surface area contributed by atoms with Gasteiger partial charge in [0.15, 0.2) is 0 Å². The fraction of sp³-hybridized carbons (Fsp3) is 0.316. The number of amides is 1. The van der Waals surface area contributed by atoms with Gasteiger partial charge in [0.05, 0.1) is 0 Å². The first kappa shape index (κ1) is 15.6. The molecule has 1 fully saturated rings. The normalized spacial score (nSPS) is 16.2. The SMILES string of the molecule is O=C(O)NC1CCN(Cc2ccc(-c3ccccc3)cc2)CC1. The van der Waals surface area contributed by atoms with E-state index in [9.17, 15) is 4.79 Å². The monoisotopic (exact) mass is 310 g/mol. The van der Waals surface area contributed by atoms with Crippen LogP contribution >= 0.6 is 0 Å². The van der Waals surface area contributed by atoms with Crippen LogP contribution < -0.4 is 5.32 Å². The zero-order valence-electron chi connectivity index (χ0n) is 13.1. The minimum Gasteiger partial charge on any atom is -0.465 e. The molecule has 2 aromatic carbocycles. The fourth-order valence-electron chi connectivity index (χ4n) is 3.10. The number of benzene rings is 2. The maximum Gasteiger partial charge on any atom is 0.404 e. The number of likely N-dealkylation sites (tertiary alicyclic amines) is 1. The van der Waals surface area contributed by atoms with E-state index in [0.717, 1.165) is 32.5 Å². The first-order chi connectivity index (χ1) is 11.2. The molecular formula is C19H22N2O2. The highest BCUT2D eigenvalue weighted by Crippen LogP contribution is 2.20. The topological polar surface area (TPSA) is 52.6 Å². The molecule has 0 unspecified atom stereocenters. The molecule has 0 aromatic heterocycles. The van der Waals surface area contributed by atoms with E-state index in [1.54, 1.807) is 0 Å². The maximum absolute atomic E-state index is 10.7. The summed E-state index contributed by atoms with van der Waals surface area (Å²) in [6, 6.07) is 19.2. The summed E-state index contributed by atoms with van der Waals surface area (Å²) >= 11 is 0. The average molecular weight is 310 g/mol. The number of nitrogens with one attached hydrogen (secondary N) is 1. The third kappa shape index (κ3) is 4.33. The molecule has 0 atom stereocenters. The summed E-state index contributed by atoms with van der Waals surface area (Å²) < 4.78 is 0. The van der Waals surface area contributed by atoms with Crippen LogP contribution in [-0.4, -0.2) is 35.2 Å². The van der Waals surface area contributed by atoms with E-state index in [4.69, 9.17) is 5.11 Å². The van der Waals surface area contributed by atoms with Crippen LogP contribution in [-0.2, 0) is 6.54 Å². The van der Waals surface area contributed by atoms with E-state index in [2.05, 4.69) is 58.7 Å². The van der Waals surface area contributed by atoms with Gasteiger partial charge in [0.2, 0.25) is 0 Å². The number of nitrogens with zero attached hydrogens (tertiary/aromatic N) is 1. The zero-order chi connectivity index (χ0) is 16.1. The van der Waals surface area contributed by atoms with Crippen molar-refractivity contribution in [2.45, 2.75) is 25.4 Å². The summed E-state index contributed by atoms with van der Waals surface area (Å²) in [6.07, 6.45) is 0.850. The Hall–Kier alpha value is -2.33. The third-order valence-corrected chi connectivity index (χ3v) is 4.38. The molecule has 3 rings (SSSR count). The van der Waals surface area contributed by atoms with Gasteiger partial charge in [0, 0.05) is 25.7 Å². The predicted octanol–water partition coefficient (Wildman–Crippen LogP) is 3.59. The molecule has 0 aliphatic carbocycles. The van der Waals surface area contributed by atoms with Crippen LogP contribution in [0.15, 0.2) is 54.6 Å². The zero-order valence-corrected chi connectivity index (χ0v) is 13.1. The average Bonchev–Trinajstić information content (AvgIpc) is 2.58. The highest BCUT2D eigenvalue weighted by atomic mass is 16.4. The first-order valence-corrected chi connectivity index (χ1v) is 8.07. The van der Waals surface area contributed by atoms with Crippen molar-refractivity contribution in [1.82, 2.24) is 10.2 Å². The van der Waals surface area contributed by atoms with Gasteiger partial charge in [-0.2, -0.15) is 0 Å². The standard InChI is InChI=1S/C19H22N2O2/c22-19(23)20-18-10-12-21(13-11-18)14-15-6-8-17(9-7-15)16-4-2-1-3-5-16/h1-9,18,20H,10-14H2,(H,22,23). The van der Waals surface area contributed by atoms with Gasteiger partial charge in [0.1, 0.15) is 0 Å². The number of carbonyl (C=O) groups is 1. The molecule has 120 valence electrons. The Morgan fingerprint density at radius 3 is 2.22 bits per heavy atom. The van der Waals surface area contributed by atoms with E-state index >= 15 is 0 Å². The summed E-state index contributed by atoms with van der Waals surface area (Å²) in [5.41, 5.74) is 3.77. The highest BCUT2D eigenvalue weighted by molar-refractivity contribution is 5.65. The van der Waals surface area contributed by atoms with Crippen molar-refractivity contribution in [2.75, 3.05) is 13.1 Å². The van der Waals surface area contributed by atoms with E-state index in [1.165, 1.54) is 16.7 Å². The maximum atomic E-state index is 10.7. The second-order valence-corrected chi connectivity index (χ2v) is 6.06. The van der Waals surface area contributed by atoms with Gasteiger partial charge in [-0.25, -0.2) is 4.79 Å². The van der Waals surface area contributed by atoms with Crippen molar-refractivity contribution >= 4 is 6.09 Å². The molecule has 1 saturated heterocycles. The highest BCUT2D eigenvalue weighted by Gasteiger charge is 2.20. The molecular weight excluding hydrogens is 288 g/mol. The molecule has 4 heteroatoms. The summed E-state index contributed by atoms with van der Waals surface area (Å²) in [5.74, 6) is 0. The Balaban J connectivity index is 1.54. The van der Waals surface area contributed by atoms with Crippen LogP contribution in [0.1, 0.15) is 18.4 Å². The van der Waals surface area contributed by atoms with Gasteiger partial charge in [0.25, 0.3) is 0 Å². The number of piperidine rings is 1. The van der Waals surface area contributed by atoms with Crippen molar-refractivity contribution in [3.05, 3.63) is 60.2 Å². The molecule has 23 heavy (non-hydrogen) atoms. The van der Waals surface area contributed by atoms with E-state index in [-0.39, 0.29) is 6.04 Å². The van der Waals surface area contributed by atoms with Crippen LogP contribution in [0.4, 0.5) is 4.79 Å². The largest absolute Gasteiger partial charge is 0.465 e. The molecule has 1 aliphatic rings. The lowest BCUT2D eigenvalue weighted by atomic mass is 10.0. The minimum absolute atomic E-state index is 0.101. The summed E-state index contributed by atoms with van der Waals surface area (Å²) in [6.45, 7) is 2.80. The summed E-state index contributed by atoms with van der Waals surface area (Å²) in [4.78, 5) is 13.1. The lowest BCUT2D eigenvalue weighted by molar-refractivity contribution is 0.165. The summed E-state index contributed by atoms with van der Waals surface area (Å²) in [5, 5.41) is 11.3. The van der Waals surface area contributed by atoms with Crippen molar-refractivity contribution in [1.29, 1.82) is 0 Å². The first-order valence-electron chi connectivity index (χ1n) is 8.07. The van der Waals surface area contributed by atoms with E-state index in [1.807, 2.05) is 6.07 Å². The molecule has 1 heterocycles. The fourth-order valence-corrected chi connectivity index (χ4v) is 3.10. The van der Waals surface area contributed by atoms with Crippen LogP contribution in [0.3, 0.4) is 0 Å². The van der Waals surface area contributed by atoms with Gasteiger partial charge in [-0.3, -0.25) is 4.90 Å². The molecule has 0 spiro atoms. The number of rotatable bonds is 4. The van der Waals surface area contributed by atoms with E-state index in [0.29, 0.717) is 0 Å². The Labute approximate surface area is 136 Å². The van der Waals surface area contributed by atoms with E-state index < -0.39 is 6.09 Å². The van der Waals surface area contributed by atoms with Crippen LogP contribution in [0.5, 0.6) is 0 Å². The quantitative estimate of drug-likeness (QED) is 0.907. The van der Waals surface area contributed by atoms with Crippen molar-refractivity contribution in [2.24, 2.45) is 0 Å². The Kier molecular flexibility index (Phi) is 4.93. The molecule has 2 aromatic rings. The third-order valence-electron chi connectivity index (χ3n) is 4.38. The van der Waals surface area contributed by atoms with Crippen molar-refractivity contribution in [3.8, 4) is 11.1 Å². The van der Waals surface area contributed by atoms with Gasteiger partial charge in [-0.15, -0.1) is 0 Å². The van der Waals surface area contributed by atoms with Crippen LogP contribution in [0.25, 0.3) is 11.1 Å². The molecule has 1 aliphatic heterocycles. The molecule has 0 radical (unpaired) electrons. The van der Waals surface area contributed by atoms with Crippen molar-refractivity contribution < 1.29 is 9.90 Å². The van der Waals surface area contributed by atoms with Gasteiger partial charge in [-0.1, -0.05) is 54.6 Å². The Bertz CT molecular complexity index is 632. The Morgan fingerprint density at radius 2 is 1.61 bits per heavy atom. The molecule has 1 amide bonds. The second kappa shape index (κ2) is 7.29. The molecule has 0 bridgehead atoms. The van der Waals surface area contributed by atoms with Crippen LogP contribution in [0.2, 0.25) is 0 Å². The molecule has 0 saturated carbocycles. The van der Waals surface area contributed by atoms with Gasteiger partial charge >= 0.3 is 6.09 Å². The number of hydrogen-bond donors (Lipinski definition) is 2. The van der Waals surface area contributed by atoms with Crippen LogP contribution in [0, 0.1) is 0 Å². The lowest BCUT2D eigenvalue weighted by Gasteiger charge is -2.31.